The fourth-order valence-electron chi connectivity index (χ4n) is 4.19. The molecule has 0 saturated carbocycles. The summed E-state index contributed by atoms with van der Waals surface area (Å²) in [4.78, 5) is 53.9. The van der Waals surface area contributed by atoms with Crippen molar-refractivity contribution < 1.29 is 19.2 Å². The van der Waals surface area contributed by atoms with E-state index in [4.69, 9.17) is 0 Å². The van der Waals surface area contributed by atoms with Crippen LogP contribution >= 0.6 is 0 Å². The van der Waals surface area contributed by atoms with Gasteiger partial charge in [0, 0.05) is 30.3 Å². The summed E-state index contributed by atoms with van der Waals surface area (Å²) < 4.78 is 0. The quantitative estimate of drug-likeness (QED) is 0.507. The number of H-pyrrole nitrogens is 1. The van der Waals surface area contributed by atoms with Gasteiger partial charge >= 0.3 is 0 Å². The van der Waals surface area contributed by atoms with Crippen molar-refractivity contribution in [1.29, 1.82) is 0 Å². The van der Waals surface area contributed by atoms with E-state index in [-0.39, 0.29) is 30.6 Å². The first-order valence-electron chi connectivity index (χ1n) is 10.1. The van der Waals surface area contributed by atoms with Gasteiger partial charge in [0.1, 0.15) is 6.04 Å². The topological polar surface area (TPSA) is 99.3 Å². The van der Waals surface area contributed by atoms with Crippen molar-refractivity contribution in [3.05, 3.63) is 83.2 Å². The number of nitrogens with zero attached hydrogens (tertiary/aromatic N) is 1. The molecule has 0 aliphatic carbocycles. The number of aromatic amines is 1. The monoisotopic (exact) mass is 413 g/mol. The van der Waals surface area contributed by atoms with Crippen LogP contribution in [0.15, 0.2) is 60.8 Å². The number of ketones is 1. The second-order valence-electron chi connectivity index (χ2n) is 7.77. The predicted octanol–water partition coefficient (Wildman–Crippen LogP) is 2.67. The Bertz CT molecular complexity index is 1230. The van der Waals surface area contributed by atoms with Crippen LogP contribution in [-0.4, -0.2) is 39.4 Å². The number of hydrogen-bond donors (Lipinski definition) is 2. The van der Waals surface area contributed by atoms with E-state index < -0.39 is 11.9 Å². The van der Waals surface area contributed by atoms with Crippen LogP contribution in [0.1, 0.15) is 44.8 Å². The molecule has 3 amide bonds. The molecule has 1 aromatic heterocycles. The number of carbonyl (C=O) groups is 4. The highest BCUT2D eigenvalue weighted by Crippen LogP contribution is 2.29. The van der Waals surface area contributed by atoms with Crippen molar-refractivity contribution in [2.75, 3.05) is 0 Å². The van der Waals surface area contributed by atoms with Gasteiger partial charge in [0.25, 0.3) is 5.91 Å². The Kier molecular flexibility index (Phi) is 4.51. The lowest BCUT2D eigenvalue weighted by Crippen LogP contribution is -2.52. The summed E-state index contributed by atoms with van der Waals surface area (Å²) in [6.07, 6.45) is 2.31. The van der Waals surface area contributed by atoms with Crippen molar-refractivity contribution in [2.45, 2.75) is 25.4 Å². The van der Waals surface area contributed by atoms with Crippen molar-refractivity contribution in [1.82, 2.24) is 15.2 Å². The summed E-state index contributed by atoms with van der Waals surface area (Å²) in [5.74, 6) is -1.20. The lowest BCUT2D eigenvalue weighted by Gasteiger charge is -2.29. The fourth-order valence-corrected chi connectivity index (χ4v) is 4.19. The molecule has 7 nitrogen and oxygen atoms in total. The summed E-state index contributed by atoms with van der Waals surface area (Å²) in [7, 11) is 0. The minimum atomic E-state index is -0.673. The molecule has 2 aromatic carbocycles. The molecule has 1 unspecified atom stereocenters. The molecule has 7 heteroatoms. The molecule has 1 saturated heterocycles. The minimum absolute atomic E-state index is 0.170. The SMILES string of the molecule is O=C1CCC(N2Cc3cc(C(=O)c4cc(-c5ccccc5)c[nH]4)ccc3C2=O)C(=O)N1. The van der Waals surface area contributed by atoms with Crippen LogP contribution in [0.25, 0.3) is 11.1 Å². The van der Waals surface area contributed by atoms with Crippen LogP contribution in [0.5, 0.6) is 0 Å². The first-order chi connectivity index (χ1) is 15.0. The zero-order valence-electron chi connectivity index (χ0n) is 16.6. The van der Waals surface area contributed by atoms with Gasteiger partial charge in [-0.2, -0.15) is 0 Å². The van der Waals surface area contributed by atoms with Gasteiger partial charge in [-0.1, -0.05) is 36.4 Å². The number of benzene rings is 2. The average Bonchev–Trinajstić information content (AvgIpc) is 3.39. The minimum Gasteiger partial charge on any atom is -0.358 e. The molecule has 3 aromatic rings. The molecule has 1 fully saturated rings. The molecule has 0 bridgehead atoms. The molecule has 2 aliphatic rings. The van der Waals surface area contributed by atoms with Crippen LogP contribution < -0.4 is 5.32 Å². The van der Waals surface area contributed by atoms with E-state index in [0.29, 0.717) is 28.8 Å². The number of rotatable bonds is 4. The number of amides is 3. The van der Waals surface area contributed by atoms with E-state index in [2.05, 4.69) is 10.3 Å². The number of nitrogens with one attached hydrogen (secondary N) is 2. The number of carbonyl (C=O) groups excluding carboxylic acids is 4. The summed E-state index contributed by atoms with van der Waals surface area (Å²) in [5, 5.41) is 2.29. The smallest absolute Gasteiger partial charge is 0.255 e. The van der Waals surface area contributed by atoms with E-state index in [0.717, 1.165) is 11.1 Å². The zero-order valence-corrected chi connectivity index (χ0v) is 16.6. The second kappa shape index (κ2) is 7.36. The molecule has 31 heavy (non-hydrogen) atoms. The van der Waals surface area contributed by atoms with Gasteiger partial charge in [0.2, 0.25) is 17.6 Å². The van der Waals surface area contributed by atoms with Gasteiger partial charge in [-0.25, -0.2) is 0 Å². The van der Waals surface area contributed by atoms with Gasteiger partial charge < -0.3 is 9.88 Å². The molecule has 3 heterocycles. The molecule has 154 valence electrons. The van der Waals surface area contributed by atoms with E-state index >= 15 is 0 Å². The standard InChI is InChI=1S/C24H19N3O4/c28-21-9-8-20(23(30)26-21)27-13-17-10-15(6-7-18(17)24(27)31)22(29)19-11-16(12-25-19)14-4-2-1-3-5-14/h1-7,10-12,20,25H,8-9,13H2,(H,26,28,30). The summed E-state index contributed by atoms with van der Waals surface area (Å²) in [6, 6.07) is 15.9. The van der Waals surface area contributed by atoms with E-state index in [1.165, 1.54) is 4.90 Å². The molecule has 0 radical (unpaired) electrons. The molecule has 1 atom stereocenters. The maximum absolute atomic E-state index is 13.0. The molecular formula is C24H19N3O4. The highest BCUT2D eigenvalue weighted by molar-refractivity contribution is 6.10. The maximum atomic E-state index is 13.0. The molecule has 2 aliphatic heterocycles. The lowest BCUT2D eigenvalue weighted by molar-refractivity contribution is -0.136. The lowest BCUT2D eigenvalue weighted by atomic mass is 10.0. The fraction of sp³-hybridized carbons (Fsp3) is 0.167. The first kappa shape index (κ1) is 19.0. The Hall–Kier alpha value is -4.00. The first-order valence-corrected chi connectivity index (χ1v) is 10.1. The Labute approximate surface area is 178 Å². The van der Waals surface area contributed by atoms with Crippen molar-refractivity contribution in [3.63, 3.8) is 0 Å². The van der Waals surface area contributed by atoms with Crippen LogP contribution in [0.4, 0.5) is 0 Å². The van der Waals surface area contributed by atoms with Crippen LogP contribution in [0.3, 0.4) is 0 Å². The Balaban J connectivity index is 1.38. The Morgan fingerprint density at radius 3 is 2.55 bits per heavy atom. The highest BCUT2D eigenvalue weighted by Gasteiger charge is 2.39. The van der Waals surface area contributed by atoms with Crippen molar-refractivity contribution in [3.8, 4) is 11.1 Å². The van der Waals surface area contributed by atoms with Gasteiger partial charge in [-0.05, 0) is 41.3 Å². The summed E-state index contributed by atoms with van der Waals surface area (Å²) in [6.45, 7) is 0.238. The van der Waals surface area contributed by atoms with Crippen LogP contribution in [-0.2, 0) is 16.1 Å². The summed E-state index contributed by atoms with van der Waals surface area (Å²) in [5.41, 5.74) is 4.05. The van der Waals surface area contributed by atoms with Crippen molar-refractivity contribution in [2.24, 2.45) is 0 Å². The third kappa shape index (κ3) is 3.34. The third-order valence-corrected chi connectivity index (χ3v) is 5.82. The predicted molar refractivity (Wildman–Crippen MR) is 112 cm³/mol. The summed E-state index contributed by atoms with van der Waals surface area (Å²) >= 11 is 0. The van der Waals surface area contributed by atoms with Crippen LogP contribution in [0.2, 0.25) is 0 Å². The third-order valence-electron chi connectivity index (χ3n) is 5.82. The van der Waals surface area contributed by atoms with E-state index in [1.54, 1.807) is 24.4 Å². The van der Waals surface area contributed by atoms with E-state index in [9.17, 15) is 19.2 Å². The Morgan fingerprint density at radius 1 is 0.968 bits per heavy atom. The molecule has 5 rings (SSSR count). The van der Waals surface area contributed by atoms with Gasteiger partial charge in [0.05, 0.1) is 5.69 Å². The highest BCUT2D eigenvalue weighted by atomic mass is 16.2. The number of hydrogen-bond acceptors (Lipinski definition) is 4. The number of piperidine rings is 1. The maximum Gasteiger partial charge on any atom is 0.255 e. The number of fused-ring (bicyclic) bond motifs is 1. The molecule has 0 spiro atoms. The molecular weight excluding hydrogens is 394 g/mol. The molecule has 2 N–H and O–H groups in total. The van der Waals surface area contributed by atoms with E-state index in [1.807, 2.05) is 36.4 Å². The second-order valence-corrected chi connectivity index (χ2v) is 7.77. The largest absolute Gasteiger partial charge is 0.358 e. The van der Waals surface area contributed by atoms with Gasteiger partial charge in [-0.3, -0.25) is 24.5 Å². The number of imide groups is 1. The van der Waals surface area contributed by atoms with Crippen molar-refractivity contribution >= 4 is 23.5 Å². The van der Waals surface area contributed by atoms with Gasteiger partial charge in [-0.15, -0.1) is 0 Å². The Morgan fingerprint density at radius 2 is 1.77 bits per heavy atom. The van der Waals surface area contributed by atoms with Crippen LogP contribution in [0, 0.1) is 0 Å². The zero-order chi connectivity index (χ0) is 21.5. The normalized spacial score (nSPS) is 18.1. The average molecular weight is 413 g/mol. The number of aromatic nitrogens is 1. The van der Waals surface area contributed by atoms with Gasteiger partial charge in [0.15, 0.2) is 0 Å².